The molecule has 24 heavy (non-hydrogen) atoms. The average Bonchev–Trinajstić information content (AvgIpc) is 2.58. The predicted octanol–water partition coefficient (Wildman–Crippen LogP) is 4.72. The van der Waals surface area contributed by atoms with Gasteiger partial charge in [-0.15, -0.1) is 0 Å². The van der Waals surface area contributed by atoms with Crippen LogP contribution in [0.4, 0.5) is 0 Å². The van der Waals surface area contributed by atoms with Crippen molar-refractivity contribution in [3.8, 4) is 0 Å². The molecular weight excluding hydrogens is 296 g/mol. The van der Waals surface area contributed by atoms with Crippen LogP contribution in [0, 0.1) is 19.8 Å². The highest BCUT2D eigenvalue weighted by Gasteiger charge is 2.33. The molecule has 126 valence electrons. The van der Waals surface area contributed by atoms with Gasteiger partial charge in [0.1, 0.15) is 7.11 Å². The lowest BCUT2D eigenvalue weighted by molar-refractivity contribution is 0.205. The normalized spacial score (nSPS) is 25.7. The van der Waals surface area contributed by atoms with Gasteiger partial charge in [0.2, 0.25) is 0 Å². The fourth-order valence-electron chi connectivity index (χ4n) is 3.42. The highest BCUT2D eigenvalue weighted by Crippen LogP contribution is 2.35. The van der Waals surface area contributed by atoms with Gasteiger partial charge in [-0.2, -0.15) is 0 Å². The fraction of sp³-hybridized carbons (Fsp3) is 0.381. The van der Waals surface area contributed by atoms with Crippen LogP contribution in [0.3, 0.4) is 0 Å². The molecule has 2 aromatic carbocycles. The Morgan fingerprint density at radius 3 is 2.00 bits per heavy atom. The van der Waals surface area contributed by atoms with Crippen LogP contribution in [0.1, 0.15) is 47.7 Å². The first-order valence-electron chi connectivity index (χ1n) is 8.57. The zero-order valence-corrected chi connectivity index (χ0v) is 14.9. The van der Waals surface area contributed by atoms with Crippen molar-refractivity contribution < 1.29 is 4.84 Å². The second-order valence-electron chi connectivity index (χ2n) is 6.78. The van der Waals surface area contributed by atoms with Gasteiger partial charge < -0.3 is 10.2 Å². The molecule has 0 saturated carbocycles. The second-order valence-corrected chi connectivity index (χ2v) is 6.78. The number of piperidine rings is 1. The minimum absolute atomic E-state index is 0.236. The summed E-state index contributed by atoms with van der Waals surface area (Å²) >= 11 is 0. The third-order valence-corrected chi connectivity index (χ3v) is 4.94. The molecule has 0 spiro atoms. The van der Waals surface area contributed by atoms with E-state index in [1.54, 1.807) is 7.11 Å². The molecule has 1 aliphatic heterocycles. The van der Waals surface area contributed by atoms with Crippen molar-refractivity contribution in [3.05, 3.63) is 70.8 Å². The molecule has 0 amide bonds. The van der Waals surface area contributed by atoms with Gasteiger partial charge >= 0.3 is 0 Å². The lowest BCUT2D eigenvalue weighted by atomic mass is 9.81. The van der Waals surface area contributed by atoms with Crippen molar-refractivity contribution in [2.24, 2.45) is 11.1 Å². The predicted molar refractivity (Wildman–Crippen MR) is 99.2 cm³/mol. The zero-order valence-electron chi connectivity index (χ0n) is 14.9. The molecule has 0 unspecified atom stereocenters. The summed E-state index contributed by atoms with van der Waals surface area (Å²) in [6.07, 6.45) is 0.875. The first-order chi connectivity index (χ1) is 11.6. The Hall–Kier alpha value is -2.13. The number of nitrogens with zero attached hydrogens (tertiary/aromatic N) is 1. The summed E-state index contributed by atoms with van der Waals surface area (Å²) < 4.78 is 0. The summed E-state index contributed by atoms with van der Waals surface area (Å²) in [5.41, 5.74) is 6.28. The largest absolute Gasteiger partial charge is 0.399 e. The maximum absolute atomic E-state index is 5.12. The Kier molecular flexibility index (Phi) is 5.00. The quantitative estimate of drug-likeness (QED) is 0.830. The molecule has 1 heterocycles. The van der Waals surface area contributed by atoms with E-state index in [0.717, 1.165) is 12.1 Å². The number of aryl methyl sites for hydroxylation is 2. The minimum Gasteiger partial charge on any atom is -0.399 e. The summed E-state index contributed by atoms with van der Waals surface area (Å²) in [4.78, 5) is 5.12. The lowest BCUT2D eigenvalue weighted by Crippen LogP contribution is -2.41. The van der Waals surface area contributed by atoms with Crippen molar-refractivity contribution >= 4 is 5.71 Å². The minimum atomic E-state index is 0.236. The van der Waals surface area contributed by atoms with E-state index in [0.29, 0.717) is 5.92 Å². The van der Waals surface area contributed by atoms with Crippen LogP contribution in [0.15, 0.2) is 53.7 Å². The van der Waals surface area contributed by atoms with Crippen molar-refractivity contribution in [2.45, 2.75) is 39.3 Å². The van der Waals surface area contributed by atoms with Crippen molar-refractivity contribution in [3.63, 3.8) is 0 Å². The van der Waals surface area contributed by atoms with Crippen LogP contribution < -0.4 is 5.32 Å². The molecule has 3 atom stereocenters. The molecule has 0 aromatic heterocycles. The maximum atomic E-state index is 5.12. The number of benzene rings is 2. The molecule has 1 fully saturated rings. The molecule has 3 nitrogen and oxygen atoms in total. The van der Waals surface area contributed by atoms with Gasteiger partial charge in [0.25, 0.3) is 0 Å². The number of hydrogen-bond acceptors (Lipinski definition) is 3. The first kappa shape index (κ1) is 16.7. The van der Waals surface area contributed by atoms with E-state index in [1.807, 2.05) is 0 Å². The molecular formula is C21H26N2O. The van der Waals surface area contributed by atoms with Crippen LogP contribution in [0.25, 0.3) is 0 Å². The van der Waals surface area contributed by atoms with Crippen LogP contribution in [0.2, 0.25) is 0 Å². The summed E-state index contributed by atoms with van der Waals surface area (Å²) in [6.45, 7) is 6.46. The third-order valence-electron chi connectivity index (χ3n) is 4.94. The molecule has 3 heteroatoms. The molecule has 0 radical (unpaired) electrons. The summed E-state index contributed by atoms with van der Waals surface area (Å²) in [5.74, 6) is 0.300. The van der Waals surface area contributed by atoms with E-state index >= 15 is 0 Å². The lowest BCUT2D eigenvalue weighted by Gasteiger charge is -2.37. The van der Waals surface area contributed by atoms with E-state index in [9.17, 15) is 0 Å². The topological polar surface area (TPSA) is 33.6 Å². The summed E-state index contributed by atoms with van der Waals surface area (Å²) in [7, 11) is 1.63. The number of nitrogens with one attached hydrogen (secondary N) is 1. The molecule has 2 aromatic rings. The monoisotopic (exact) mass is 322 g/mol. The van der Waals surface area contributed by atoms with Crippen LogP contribution in [0.5, 0.6) is 0 Å². The Bertz CT molecular complexity index is 704. The highest BCUT2D eigenvalue weighted by molar-refractivity contribution is 5.88. The van der Waals surface area contributed by atoms with Gasteiger partial charge in [-0.05, 0) is 25.0 Å². The SMILES string of the molecule is CO/N=C1\C[C@@H](c2ccc(C)cc2)N[C@@H](c2ccc(C)cc2)[C@@H]1C. The Morgan fingerprint density at radius 2 is 1.46 bits per heavy atom. The van der Waals surface area contributed by atoms with Gasteiger partial charge in [0.05, 0.1) is 5.71 Å². The van der Waals surface area contributed by atoms with Gasteiger partial charge in [0, 0.05) is 24.4 Å². The average molecular weight is 322 g/mol. The number of hydrogen-bond donors (Lipinski definition) is 1. The molecule has 1 aliphatic rings. The van der Waals surface area contributed by atoms with E-state index in [2.05, 4.69) is 79.8 Å². The summed E-state index contributed by atoms with van der Waals surface area (Å²) in [5, 5.41) is 8.15. The molecule has 1 saturated heterocycles. The molecule has 1 N–H and O–H groups in total. The second kappa shape index (κ2) is 7.18. The van der Waals surface area contributed by atoms with Crippen LogP contribution in [-0.2, 0) is 4.84 Å². The zero-order chi connectivity index (χ0) is 17.1. The third kappa shape index (κ3) is 3.51. The van der Waals surface area contributed by atoms with E-state index in [-0.39, 0.29) is 12.1 Å². The van der Waals surface area contributed by atoms with Crippen molar-refractivity contribution in [1.82, 2.24) is 5.32 Å². The van der Waals surface area contributed by atoms with Crippen molar-refractivity contribution in [1.29, 1.82) is 0 Å². The molecule has 0 bridgehead atoms. The smallest absolute Gasteiger partial charge is 0.106 e. The van der Waals surface area contributed by atoms with Crippen LogP contribution >= 0.6 is 0 Å². The van der Waals surface area contributed by atoms with E-state index < -0.39 is 0 Å². The fourth-order valence-corrected chi connectivity index (χ4v) is 3.42. The first-order valence-corrected chi connectivity index (χ1v) is 8.57. The summed E-state index contributed by atoms with van der Waals surface area (Å²) in [6, 6.07) is 18.0. The van der Waals surface area contributed by atoms with Gasteiger partial charge in [0.15, 0.2) is 0 Å². The van der Waals surface area contributed by atoms with Crippen molar-refractivity contribution in [2.75, 3.05) is 7.11 Å². The Labute approximate surface area is 144 Å². The van der Waals surface area contributed by atoms with Crippen LogP contribution in [-0.4, -0.2) is 12.8 Å². The maximum Gasteiger partial charge on any atom is 0.106 e. The molecule has 0 aliphatic carbocycles. The number of rotatable bonds is 3. The Balaban J connectivity index is 1.93. The number of oxime groups is 1. The molecule has 3 rings (SSSR count). The van der Waals surface area contributed by atoms with Gasteiger partial charge in [-0.25, -0.2) is 0 Å². The van der Waals surface area contributed by atoms with E-state index in [4.69, 9.17) is 4.84 Å². The van der Waals surface area contributed by atoms with Gasteiger partial charge in [-0.3, -0.25) is 0 Å². The Morgan fingerprint density at radius 1 is 0.917 bits per heavy atom. The highest BCUT2D eigenvalue weighted by atomic mass is 16.6. The van der Waals surface area contributed by atoms with E-state index in [1.165, 1.54) is 22.3 Å². The van der Waals surface area contributed by atoms with Gasteiger partial charge in [-0.1, -0.05) is 71.7 Å². The standard InChI is InChI=1S/C21H26N2O/c1-14-5-9-17(10-6-14)20-13-19(23-24-4)16(3)21(22-20)18-11-7-15(2)8-12-18/h5-12,16,20-22H,13H2,1-4H3/b23-19+/t16-,20+,21-/m1/s1.